The summed E-state index contributed by atoms with van der Waals surface area (Å²) in [6.45, 7) is 2.16. The molecule has 0 radical (unpaired) electrons. The van der Waals surface area contributed by atoms with Crippen molar-refractivity contribution < 1.29 is 9.53 Å². The third-order valence-electron chi connectivity index (χ3n) is 1.40. The zero-order valence-corrected chi connectivity index (χ0v) is 7.73. The van der Waals surface area contributed by atoms with Gasteiger partial charge in [-0.15, -0.1) is 0 Å². The van der Waals surface area contributed by atoms with Gasteiger partial charge in [0.15, 0.2) is 0 Å². The molecule has 70 valence electrons. The van der Waals surface area contributed by atoms with E-state index in [0.29, 0.717) is 6.61 Å². The summed E-state index contributed by atoms with van der Waals surface area (Å²) in [7, 11) is 1.87. The van der Waals surface area contributed by atoms with Crippen molar-refractivity contribution in [2.24, 2.45) is 7.05 Å². The van der Waals surface area contributed by atoms with E-state index in [1.807, 2.05) is 17.8 Å². The molecule has 4 heteroatoms. The molecule has 1 rings (SSSR count). The summed E-state index contributed by atoms with van der Waals surface area (Å²) in [6, 6.07) is 0. The predicted molar refractivity (Wildman–Crippen MR) is 48.9 cm³/mol. The third-order valence-corrected chi connectivity index (χ3v) is 1.40. The molecule has 1 aromatic heterocycles. The van der Waals surface area contributed by atoms with E-state index in [2.05, 4.69) is 4.98 Å². The smallest absolute Gasteiger partial charge is 0.330 e. The number of hydrogen-bond donors (Lipinski definition) is 0. The Hall–Kier alpha value is -1.58. The van der Waals surface area contributed by atoms with Gasteiger partial charge in [0.1, 0.15) is 0 Å². The quantitative estimate of drug-likeness (QED) is 0.514. The summed E-state index contributed by atoms with van der Waals surface area (Å²) >= 11 is 0. The van der Waals surface area contributed by atoms with Crippen LogP contribution in [0.2, 0.25) is 0 Å². The second kappa shape index (κ2) is 4.45. The van der Waals surface area contributed by atoms with E-state index in [9.17, 15) is 4.79 Å². The molecule has 0 aliphatic rings. The number of esters is 1. The molecule has 0 atom stereocenters. The highest BCUT2D eigenvalue weighted by atomic mass is 16.5. The molecule has 4 nitrogen and oxygen atoms in total. The van der Waals surface area contributed by atoms with E-state index >= 15 is 0 Å². The van der Waals surface area contributed by atoms with Gasteiger partial charge in [0.2, 0.25) is 0 Å². The second-order valence-corrected chi connectivity index (χ2v) is 2.55. The highest BCUT2D eigenvalue weighted by Crippen LogP contribution is 1.97. The average molecular weight is 180 g/mol. The second-order valence-electron chi connectivity index (χ2n) is 2.55. The number of carbonyl (C=O) groups excluding carboxylic acids is 1. The topological polar surface area (TPSA) is 44.1 Å². The Morgan fingerprint density at radius 2 is 2.54 bits per heavy atom. The first-order valence-electron chi connectivity index (χ1n) is 4.05. The molecular formula is C9H12N2O2. The van der Waals surface area contributed by atoms with E-state index in [1.54, 1.807) is 19.3 Å². The van der Waals surface area contributed by atoms with Crippen LogP contribution in [0.15, 0.2) is 18.6 Å². The van der Waals surface area contributed by atoms with E-state index < -0.39 is 0 Å². The molecule has 0 fully saturated rings. The fourth-order valence-electron chi connectivity index (χ4n) is 0.863. The maximum Gasteiger partial charge on any atom is 0.330 e. The summed E-state index contributed by atoms with van der Waals surface area (Å²) in [4.78, 5) is 14.9. The van der Waals surface area contributed by atoms with Crippen molar-refractivity contribution in [2.75, 3.05) is 6.61 Å². The minimum Gasteiger partial charge on any atom is -0.463 e. The van der Waals surface area contributed by atoms with E-state index in [-0.39, 0.29) is 5.97 Å². The molecule has 1 aromatic rings. The van der Waals surface area contributed by atoms with Gasteiger partial charge < -0.3 is 9.30 Å². The van der Waals surface area contributed by atoms with Crippen LogP contribution in [0, 0.1) is 0 Å². The van der Waals surface area contributed by atoms with Crippen molar-refractivity contribution in [3.05, 3.63) is 24.3 Å². The fourth-order valence-corrected chi connectivity index (χ4v) is 0.863. The van der Waals surface area contributed by atoms with Crippen LogP contribution < -0.4 is 0 Å². The number of hydrogen-bond acceptors (Lipinski definition) is 3. The summed E-state index contributed by atoms with van der Waals surface area (Å²) in [5.41, 5.74) is 0.746. The van der Waals surface area contributed by atoms with Crippen LogP contribution in [-0.2, 0) is 16.6 Å². The number of nitrogens with zero attached hydrogens (tertiary/aromatic N) is 2. The maximum absolute atomic E-state index is 10.9. The van der Waals surface area contributed by atoms with Gasteiger partial charge in [-0.2, -0.15) is 0 Å². The molecule has 0 N–H and O–H groups in total. The first-order valence-corrected chi connectivity index (χ1v) is 4.05. The number of aromatic nitrogens is 2. The molecule has 0 unspecified atom stereocenters. The summed E-state index contributed by atoms with van der Waals surface area (Å²) in [5.74, 6) is -0.340. The summed E-state index contributed by atoms with van der Waals surface area (Å²) in [5, 5.41) is 0. The zero-order chi connectivity index (χ0) is 9.68. The lowest BCUT2D eigenvalue weighted by Crippen LogP contribution is -1.98. The molecule has 0 bridgehead atoms. The SMILES string of the molecule is CCOC(=O)/C=C/c1cn(C)cn1. The first-order chi connectivity index (χ1) is 6.22. The Morgan fingerprint density at radius 3 is 3.08 bits per heavy atom. The van der Waals surface area contributed by atoms with Crippen LogP contribution in [0.1, 0.15) is 12.6 Å². The molecule has 1 heterocycles. The molecule has 0 spiro atoms. The molecule has 0 amide bonds. The Balaban J connectivity index is 2.53. The lowest BCUT2D eigenvalue weighted by molar-refractivity contribution is -0.137. The van der Waals surface area contributed by atoms with E-state index in [4.69, 9.17) is 4.74 Å². The monoisotopic (exact) mass is 180 g/mol. The highest BCUT2D eigenvalue weighted by Gasteiger charge is 1.94. The van der Waals surface area contributed by atoms with Gasteiger partial charge in [-0.3, -0.25) is 0 Å². The third kappa shape index (κ3) is 3.11. The van der Waals surface area contributed by atoms with Crippen LogP contribution in [0.4, 0.5) is 0 Å². The van der Waals surface area contributed by atoms with Crippen LogP contribution in [0.5, 0.6) is 0 Å². The van der Waals surface area contributed by atoms with Gasteiger partial charge in [-0.1, -0.05) is 0 Å². The van der Waals surface area contributed by atoms with Crippen molar-refractivity contribution in [3.8, 4) is 0 Å². The maximum atomic E-state index is 10.9. The number of rotatable bonds is 3. The largest absolute Gasteiger partial charge is 0.463 e. The Kier molecular flexibility index (Phi) is 3.25. The van der Waals surface area contributed by atoms with Crippen molar-refractivity contribution in [2.45, 2.75) is 6.92 Å². The lowest BCUT2D eigenvalue weighted by atomic mass is 10.4. The predicted octanol–water partition coefficient (Wildman–Crippen LogP) is 0.996. The molecular weight excluding hydrogens is 168 g/mol. The molecule has 0 aliphatic carbocycles. The number of carbonyl (C=O) groups is 1. The molecule has 0 aliphatic heterocycles. The van der Waals surface area contributed by atoms with E-state index in [0.717, 1.165) is 5.69 Å². The van der Waals surface area contributed by atoms with Gasteiger partial charge in [0.05, 0.1) is 18.6 Å². The number of ether oxygens (including phenoxy) is 1. The van der Waals surface area contributed by atoms with E-state index in [1.165, 1.54) is 6.08 Å². The van der Waals surface area contributed by atoms with Crippen molar-refractivity contribution >= 4 is 12.0 Å². The average Bonchev–Trinajstić information content (AvgIpc) is 2.49. The molecule has 0 saturated carbocycles. The minimum atomic E-state index is -0.340. The zero-order valence-electron chi connectivity index (χ0n) is 7.73. The molecule has 0 aromatic carbocycles. The van der Waals surface area contributed by atoms with Crippen molar-refractivity contribution in [1.29, 1.82) is 0 Å². The van der Waals surface area contributed by atoms with Crippen LogP contribution in [0.3, 0.4) is 0 Å². The Labute approximate surface area is 76.8 Å². The normalized spacial score (nSPS) is 10.6. The van der Waals surface area contributed by atoms with Gasteiger partial charge in [0, 0.05) is 19.3 Å². The highest BCUT2D eigenvalue weighted by molar-refractivity contribution is 5.86. The van der Waals surface area contributed by atoms with Gasteiger partial charge in [-0.25, -0.2) is 9.78 Å². The van der Waals surface area contributed by atoms with Crippen molar-refractivity contribution in [3.63, 3.8) is 0 Å². The summed E-state index contributed by atoms with van der Waals surface area (Å²) < 4.78 is 6.52. The van der Waals surface area contributed by atoms with Crippen LogP contribution >= 0.6 is 0 Å². The Bertz CT molecular complexity index is 315. The van der Waals surface area contributed by atoms with Crippen molar-refractivity contribution in [1.82, 2.24) is 9.55 Å². The minimum absolute atomic E-state index is 0.340. The van der Waals surface area contributed by atoms with Gasteiger partial charge in [0.25, 0.3) is 0 Å². The fraction of sp³-hybridized carbons (Fsp3) is 0.333. The number of aryl methyl sites for hydroxylation is 1. The molecule has 0 saturated heterocycles. The van der Waals surface area contributed by atoms with Crippen LogP contribution in [-0.4, -0.2) is 22.1 Å². The lowest BCUT2D eigenvalue weighted by Gasteiger charge is -1.92. The Morgan fingerprint density at radius 1 is 1.77 bits per heavy atom. The van der Waals surface area contributed by atoms with Crippen LogP contribution in [0.25, 0.3) is 6.08 Å². The van der Waals surface area contributed by atoms with Gasteiger partial charge in [-0.05, 0) is 13.0 Å². The van der Waals surface area contributed by atoms with Gasteiger partial charge >= 0.3 is 5.97 Å². The number of imidazole rings is 1. The molecule has 13 heavy (non-hydrogen) atoms. The first kappa shape index (κ1) is 9.51. The standard InChI is InChI=1S/C9H12N2O2/c1-3-13-9(12)5-4-8-6-11(2)7-10-8/h4-7H,3H2,1-2H3/b5-4+. The summed E-state index contributed by atoms with van der Waals surface area (Å²) in [6.07, 6.45) is 6.48.